The maximum absolute atomic E-state index is 13.0. The number of halogens is 2. The summed E-state index contributed by atoms with van der Waals surface area (Å²) in [5, 5.41) is 3.02. The molecule has 0 saturated heterocycles. The highest BCUT2D eigenvalue weighted by Crippen LogP contribution is 2.21. The number of oxazole rings is 1. The summed E-state index contributed by atoms with van der Waals surface area (Å²) in [6.07, 6.45) is 4.12. The summed E-state index contributed by atoms with van der Waals surface area (Å²) in [6.45, 7) is 2.01. The Morgan fingerprint density at radius 1 is 1.14 bits per heavy atom. The van der Waals surface area contributed by atoms with Gasteiger partial charge in [0.05, 0.1) is 6.20 Å². The van der Waals surface area contributed by atoms with E-state index in [1.807, 2.05) is 19.1 Å². The fourth-order valence-corrected chi connectivity index (χ4v) is 3.11. The van der Waals surface area contributed by atoms with Crippen molar-refractivity contribution >= 4 is 21.8 Å². The maximum Gasteiger partial charge on any atom is 0.220 e. The second-order valence-electron chi connectivity index (χ2n) is 6.76. The zero-order valence-electron chi connectivity index (χ0n) is 15.6. The molecule has 28 heavy (non-hydrogen) atoms. The molecular weight excluding hydrogens is 423 g/mol. The molecule has 1 N–H and O–H groups in total. The summed E-state index contributed by atoms with van der Waals surface area (Å²) >= 11 is 3.43. The quantitative estimate of drug-likeness (QED) is 0.511. The van der Waals surface area contributed by atoms with Crippen LogP contribution in [-0.2, 0) is 17.6 Å². The van der Waals surface area contributed by atoms with Crippen molar-refractivity contribution in [3.8, 4) is 11.3 Å². The van der Waals surface area contributed by atoms with Gasteiger partial charge in [-0.15, -0.1) is 0 Å². The lowest BCUT2D eigenvalue weighted by Crippen LogP contribution is -2.33. The minimum Gasteiger partial charge on any atom is -0.441 e. The van der Waals surface area contributed by atoms with Gasteiger partial charge in [0.25, 0.3) is 0 Å². The third-order valence-electron chi connectivity index (χ3n) is 4.43. The number of carbonyl (C=O) groups is 1. The first-order chi connectivity index (χ1) is 13.5. The molecule has 146 valence electrons. The van der Waals surface area contributed by atoms with Gasteiger partial charge < -0.3 is 9.73 Å². The number of hydrogen-bond donors (Lipinski definition) is 1. The van der Waals surface area contributed by atoms with Gasteiger partial charge in [-0.2, -0.15) is 0 Å². The highest BCUT2D eigenvalue weighted by Gasteiger charge is 2.11. The van der Waals surface area contributed by atoms with Crippen LogP contribution in [0.3, 0.4) is 0 Å². The molecule has 1 heterocycles. The van der Waals surface area contributed by atoms with Gasteiger partial charge in [0.2, 0.25) is 5.91 Å². The number of carbonyl (C=O) groups excluding carboxylic acids is 1. The summed E-state index contributed by atoms with van der Waals surface area (Å²) in [7, 11) is 0. The lowest BCUT2D eigenvalue weighted by Gasteiger charge is -2.13. The molecule has 1 atom stereocenters. The Morgan fingerprint density at radius 2 is 1.86 bits per heavy atom. The van der Waals surface area contributed by atoms with E-state index in [0.29, 0.717) is 24.5 Å². The fraction of sp³-hybridized carbons (Fsp3) is 0.273. The standard InChI is InChI=1S/C22H22BrFN2O2/c1-15(2-3-16-4-8-18(23)9-5-16)26-21(27)12-13-22-25-14-20(28-22)17-6-10-19(24)11-7-17/h4-11,14-15H,2-3,12-13H2,1H3,(H,26,27). The molecule has 0 bridgehead atoms. The first-order valence-electron chi connectivity index (χ1n) is 9.24. The van der Waals surface area contributed by atoms with Crippen LogP contribution in [0.1, 0.15) is 31.2 Å². The summed E-state index contributed by atoms with van der Waals surface area (Å²) < 4.78 is 19.7. The molecule has 0 aliphatic rings. The van der Waals surface area contributed by atoms with Gasteiger partial charge in [0, 0.05) is 28.9 Å². The Kier molecular flexibility index (Phi) is 6.98. The minimum atomic E-state index is -0.297. The Hall–Kier alpha value is -2.47. The lowest BCUT2D eigenvalue weighted by atomic mass is 10.1. The summed E-state index contributed by atoms with van der Waals surface area (Å²) in [5.41, 5.74) is 2.00. The number of amides is 1. The number of aromatic nitrogens is 1. The number of benzene rings is 2. The molecular formula is C22H22BrFN2O2. The van der Waals surface area contributed by atoms with Crippen molar-refractivity contribution in [1.29, 1.82) is 0 Å². The van der Waals surface area contributed by atoms with E-state index in [1.165, 1.54) is 17.7 Å². The van der Waals surface area contributed by atoms with E-state index in [2.05, 4.69) is 38.4 Å². The largest absolute Gasteiger partial charge is 0.441 e. The predicted molar refractivity (Wildman–Crippen MR) is 110 cm³/mol. The van der Waals surface area contributed by atoms with E-state index < -0.39 is 0 Å². The number of aryl methyl sites for hydroxylation is 2. The van der Waals surface area contributed by atoms with Crippen molar-refractivity contribution in [2.75, 3.05) is 0 Å². The summed E-state index contributed by atoms with van der Waals surface area (Å²) in [4.78, 5) is 16.4. The average Bonchev–Trinajstić information content (AvgIpc) is 3.15. The topological polar surface area (TPSA) is 55.1 Å². The molecule has 3 rings (SSSR count). The molecule has 1 unspecified atom stereocenters. The molecule has 0 fully saturated rings. The zero-order chi connectivity index (χ0) is 19.9. The van der Waals surface area contributed by atoms with Gasteiger partial charge in [-0.1, -0.05) is 28.1 Å². The maximum atomic E-state index is 13.0. The van der Waals surface area contributed by atoms with Crippen LogP contribution in [0.25, 0.3) is 11.3 Å². The van der Waals surface area contributed by atoms with Crippen LogP contribution in [0.4, 0.5) is 4.39 Å². The molecule has 1 amide bonds. The van der Waals surface area contributed by atoms with E-state index in [4.69, 9.17) is 4.42 Å². The molecule has 0 radical (unpaired) electrons. The molecule has 6 heteroatoms. The van der Waals surface area contributed by atoms with Crippen molar-refractivity contribution in [2.45, 2.75) is 38.6 Å². The lowest BCUT2D eigenvalue weighted by molar-refractivity contribution is -0.121. The fourth-order valence-electron chi connectivity index (χ4n) is 2.85. The Morgan fingerprint density at radius 3 is 2.57 bits per heavy atom. The second-order valence-corrected chi connectivity index (χ2v) is 7.67. The van der Waals surface area contributed by atoms with Crippen molar-refractivity contribution in [3.63, 3.8) is 0 Å². The Bertz CT molecular complexity index is 907. The van der Waals surface area contributed by atoms with Gasteiger partial charge in [0.15, 0.2) is 11.7 Å². The summed E-state index contributed by atoms with van der Waals surface area (Å²) in [6, 6.07) is 14.3. The van der Waals surface area contributed by atoms with Crippen molar-refractivity contribution in [3.05, 3.63) is 76.5 Å². The van der Waals surface area contributed by atoms with E-state index in [1.54, 1.807) is 18.3 Å². The highest BCUT2D eigenvalue weighted by molar-refractivity contribution is 9.10. The molecule has 4 nitrogen and oxygen atoms in total. The molecule has 2 aromatic carbocycles. The van der Waals surface area contributed by atoms with Crippen LogP contribution in [0.15, 0.2) is 63.6 Å². The Labute approximate surface area is 172 Å². The number of nitrogens with zero attached hydrogens (tertiary/aromatic N) is 1. The smallest absolute Gasteiger partial charge is 0.220 e. The normalized spacial score (nSPS) is 12.0. The summed E-state index contributed by atoms with van der Waals surface area (Å²) in [5.74, 6) is 0.745. The molecule has 0 aliphatic carbocycles. The monoisotopic (exact) mass is 444 g/mol. The number of rotatable bonds is 8. The van der Waals surface area contributed by atoms with Crippen molar-refractivity contribution < 1.29 is 13.6 Å². The number of nitrogens with one attached hydrogen (secondary N) is 1. The first-order valence-corrected chi connectivity index (χ1v) is 10.0. The van der Waals surface area contributed by atoms with Crippen LogP contribution < -0.4 is 5.32 Å². The van der Waals surface area contributed by atoms with Crippen molar-refractivity contribution in [1.82, 2.24) is 10.3 Å². The van der Waals surface area contributed by atoms with Crippen LogP contribution in [0.2, 0.25) is 0 Å². The van der Waals surface area contributed by atoms with E-state index in [9.17, 15) is 9.18 Å². The van der Waals surface area contributed by atoms with E-state index >= 15 is 0 Å². The molecule has 3 aromatic rings. The van der Waals surface area contributed by atoms with Crippen LogP contribution >= 0.6 is 15.9 Å². The van der Waals surface area contributed by atoms with E-state index in [0.717, 1.165) is 22.9 Å². The third-order valence-corrected chi connectivity index (χ3v) is 4.96. The average molecular weight is 445 g/mol. The number of hydrogen-bond acceptors (Lipinski definition) is 3. The predicted octanol–water partition coefficient (Wildman–Crippen LogP) is 5.31. The van der Waals surface area contributed by atoms with Crippen LogP contribution in [-0.4, -0.2) is 16.9 Å². The minimum absolute atomic E-state index is 0.0233. The SMILES string of the molecule is CC(CCc1ccc(Br)cc1)NC(=O)CCc1ncc(-c2ccc(F)cc2)o1. The first kappa shape index (κ1) is 20.3. The third kappa shape index (κ3) is 6.02. The van der Waals surface area contributed by atoms with Gasteiger partial charge in [0.1, 0.15) is 5.82 Å². The van der Waals surface area contributed by atoms with Gasteiger partial charge in [-0.25, -0.2) is 9.37 Å². The zero-order valence-corrected chi connectivity index (χ0v) is 17.2. The van der Waals surface area contributed by atoms with Gasteiger partial charge >= 0.3 is 0 Å². The molecule has 0 saturated carbocycles. The molecule has 0 spiro atoms. The molecule has 0 aliphatic heterocycles. The second kappa shape index (κ2) is 9.64. The van der Waals surface area contributed by atoms with Crippen LogP contribution in [0.5, 0.6) is 0 Å². The van der Waals surface area contributed by atoms with E-state index in [-0.39, 0.29) is 17.8 Å². The van der Waals surface area contributed by atoms with Crippen LogP contribution in [0, 0.1) is 5.82 Å². The van der Waals surface area contributed by atoms with Crippen molar-refractivity contribution in [2.24, 2.45) is 0 Å². The van der Waals surface area contributed by atoms with Gasteiger partial charge in [-0.3, -0.25) is 4.79 Å². The molecule has 1 aromatic heterocycles. The highest BCUT2D eigenvalue weighted by atomic mass is 79.9. The van der Waals surface area contributed by atoms with Gasteiger partial charge in [-0.05, 0) is 61.7 Å². The Balaban J connectivity index is 1.42.